The van der Waals surface area contributed by atoms with E-state index < -0.39 is 10.0 Å². The van der Waals surface area contributed by atoms with Crippen molar-refractivity contribution in [3.8, 4) is 0 Å². The summed E-state index contributed by atoms with van der Waals surface area (Å²) in [5.41, 5.74) is 1.42. The molecule has 0 bridgehead atoms. The fourth-order valence-corrected chi connectivity index (χ4v) is 5.20. The second kappa shape index (κ2) is 5.26. The molecule has 2 aromatic rings. The van der Waals surface area contributed by atoms with Gasteiger partial charge in [0.1, 0.15) is 0 Å². The summed E-state index contributed by atoms with van der Waals surface area (Å²) in [7, 11) is -1.96. The zero-order valence-corrected chi connectivity index (χ0v) is 13.0. The van der Waals surface area contributed by atoms with Crippen LogP contribution in [-0.2, 0) is 16.6 Å². The first-order valence-corrected chi connectivity index (χ1v) is 8.59. The largest absolute Gasteiger partial charge is 0.254 e. The molecule has 0 N–H and O–H groups in total. The topological polar surface area (TPSA) is 50.3 Å². The lowest BCUT2D eigenvalue weighted by molar-refractivity contribution is 0.468. The van der Waals surface area contributed by atoms with E-state index in [1.54, 1.807) is 25.3 Å². The van der Waals surface area contributed by atoms with Gasteiger partial charge in [0.15, 0.2) is 8.68 Å². The number of hydrogen-bond acceptors (Lipinski definition) is 5. The number of nitrogens with zero attached hydrogens (tertiary/aromatic N) is 2. The van der Waals surface area contributed by atoms with Crippen LogP contribution in [0.2, 0.25) is 4.47 Å². The van der Waals surface area contributed by atoms with Gasteiger partial charge in [-0.3, -0.25) is 0 Å². The average molecular weight is 323 g/mol. The number of aryl methyl sites for hydroxylation is 1. The number of hydrogen-bond donors (Lipinski definition) is 0. The third-order valence-electron chi connectivity index (χ3n) is 2.36. The Hall–Kier alpha value is -0.470. The molecule has 0 spiro atoms. The number of thiazole rings is 1. The summed E-state index contributed by atoms with van der Waals surface area (Å²) in [6.45, 7) is 1.99. The molecule has 4 nitrogen and oxygen atoms in total. The Morgan fingerprint density at radius 3 is 2.72 bits per heavy atom. The molecule has 0 aliphatic carbocycles. The lowest BCUT2D eigenvalue weighted by atomic mass is 10.3. The molecular weight excluding hydrogens is 312 g/mol. The molecule has 0 radical (unpaired) electrons. The minimum absolute atomic E-state index is 0.213. The van der Waals surface area contributed by atoms with Gasteiger partial charge in [0.25, 0.3) is 10.0 Å². The van der Waals surface area contributed by atoms with E-state index in [0.29, 0.717) is 12.2 Å². The van der Waals surface area contributed by atoms with Crippen molar-refractivity contribution < 1.29 is 8.42 Å². The smallest absolute Gasteiger partial charge is 0.229 e. The molecular formula is C10H11ClN2O2S3. The van der Waals surface area contributed by atoms with Gasteiger partial charge in [0, 0.05) is 13.6 Å². The highest BCUT2D eigenvalue weighted by molar-refractivity contribution is 7.91. The van der Waals surface area contributed by atoms with Crippen LogP contribution in [0.4, 0.5) is 0 Å². The van der Waals surface area contributed by atoms with E-state index in [-0.39, 0.29) is 8.68 Å². The summed E-state index contributed by atoms with van der Waals surface area (Å²) in [6, 6.07) is 1.91. The molecule has 8 heteroatoms. The van der Waals surface area contributed by atoms with Gasteiger partial charge in [-0.1, -0.05) is 22.9 Å². The maximum atomic E-state index is 12.3. The molecule has 0 aromatic carbocycles. The van der Waals surface area contributed by atoms with Crippen LogP contribution in [0.1, 0.15) is 11.3 Å². The summed E-state index contributed by atoms with van der Waals surface area (Å²) in [5, 5.41) is 3.85. The normalized spacial score (nSPS) is 12.2. The number of rotatable bonds is 4. The van der Waals surface area contributed by atoms with E-state index in [2.05, 4.69) is 4.98 Å². The Labute approximate surface area is 119 Å². The second-order valence-electron chi connectivity index (χ2n) is 3.73. The van der Waals surface area contributed by atoms with Crippen molar-refractivity contribution in [1.29, 1.82) is 0 Å². The molecule has 0 unspecified atom stereocenters. The monoisotopic (exact) mass is 322 g/mol. The lowest BCUT2D eigenvalue weighted by Crippen LogP contribution is -2.26. The van der Waals surface area contributed by atoms with Gasteiger partial charge in [-0.25, -0.2) is 13.4 Å². The van der Waals surface area contributed by atoms with Crippen LogP contribution in [-0.4, -0.2) is 24.8 Å². The minimum atomic E-state index is -3.52. The van der Waals surface area contributed by atoms with Crippen LogP contribution < -0.4 is 0 Å². The van der Waals surface area contributed by atoms with E-state index in [4.69, 9.17) is 11.6 Å². The van der Waals surface area contributed by atoms with Crippen LogP contribution in [0, 0.1) is 6.92 Å². The molecule has 0 saturated carbocycles. The fraction of sp³-hybridized carbons (Fsp3) is 0.300. The van der Waals surface area contributed by atoms with E-state index in [1.807, 2.05) is 16.8 Å². The highest BCUT2D eigenvalue weighted by Gasteiger charge is 2.26. The standard InChI is InChI=1S/C10H11ClN2O2S3/c1-7-9(17-10(11)12-7)18(14,15)13(2)5-8-3-4-16-6-8/h3-4,6H,5H2,1-2H3. The van der Waals surface area contributed by atoms with Gasteiger partial charge >= 0.3 is 0 Å². The van der Waals surface area contributed by atoms with Gasteiger partial charge in [-0.15, -0.1) is 0 Å². The molecule has 18 heavy (non-hydrogen) atoms. The third-order valence-corrected chi connectivity index (χ3v) is 6.74. The Morgan fingerprint density at radius 2 is 2.22 bits per heavy atom. The van der Waals surface area contributed by atoms with Crippen molar-refractivity contribution >= 4 is 44.3 Å². The number of halogens is 1. The molecule has 98 valence electrons. The van der Waals surface area contributed by atoms with Gasteiger partial charge in [-0.2, -0.15) is 15.6 Å². The number of thiophene rings is 1. The van der Waals surface area contributed by atoms with Crippen molar-refractivity contribution in [2.45, 2.75) is 17.7 Å². The van der Waals surface area contributed by atoms with Gasteiger partial charge in [-0.05, 0) is 29.3 Å². The zero-order chi connectivity index (χ0) is 13.3. The first-order chi connectivity index (χ1) is 8.41. The summed E-state index contributed by atoms with van der Waals surface area (Å²) >= 11 is 8.28. The van der Waals surface area contributed by atoms with Gasteiger partial charge < -0.3 is 0 Å². The zero-order valence-electron chi connectivity index (χ0n) is 9.75. The molecule has 0 saturated heterocycles. The fourth-order valence-electron chi connectivity index (χ4n) is 1.46. The molecule has 0 amide bonds. The second-order valence-corrected chi connectivity index (χ2v) is 8.33. The van der Waals surface area contributed by atoms with E-state index >= 15 is 0 Å². The van der Waals surface area contributed by atoms with Crippen molar-refractivity contribution in [2.24, 2.45) is 0 Å². The van der Waals surface area contributed by atoms with Crippen LogP contribution in [0.3, 0.4) is 0 Å². The highest BCUT2D eigenvalue weighted by atomic mass is 35.5. The Morgan fingerprint density at radius 1 is 1.50 bits per heavy atom. The molecule has 2 rings (SSSR count). The number of aromatic nitrogens is 1. The lowest BCUT2D eigenvalue weighted by Gasteiger charge is -2.15. The van der Waals surface area contributed by atoms with Crippen LogP contribution in [0.5, 0.6) is 0 Å². The molecule has 0 fully saturated rings. The van der Waals surface area contributed by atoms with Gasteiger partial charge in [0.05, 0.1) is 5.69 Å². The van der Waals surface area contributed by atoms with Crippen molar-refractivity contribution in [3.05, 3.63) is 32.6 Å². The van der Waals surface area contributed by atoms with Crippen molar-refractivity contribution in [3.63, 3.8) is 0 Å². The van der Waals surface area contributed by atoms with Crippen molar-refractivity contribution in [2.75, 3.05) is 7.05 Å². The quantitative estimate of drug-likeness (QED) is 0.869. The van der Waals surface area contributed by atoms with E-state index in [0.717, 1.165) is 16.9 Å². The Kier molecular flexibility index (Phi) is 4.08. The summed E-state index contributed by atoms with van der Waals surface area (Å²) in [4.78, 5) is 3.94. The third kappa shape index (κ3) is 2.75. The minimum Gasteiger partial charge on any atom is -0.229 e. The maximum absolute atomic E-state index is 12.3. The average Bonchev–Trinajstić information content (AvgIpc) is 2.88. The molecule has 2 aromatic heterocycles. The van der Waals surface area contributed by atoms with Crippen LogP contribution in [0.25, 0.3) is 0 Å². The highest BCUT2D eigenvalue weighted by Crippen LogP contribution is 2.29. The van der Waals surface area contributed by atoms with Crippen LogP contribution >= 0.6 is 34.3 Å². The van der Waals surface area contributed by atoms with E-state index in [9.17, 15) is 8.42 Å². The molecule has 0 atom stereocenters. The predicted molar refractivity (Wildman–Crippen MR) is 74.8 cm³/mol. The van der Waals surface area contributed by atoms with E-state index in [1.165, 1.54) is 4.31 Å². The number of sulfonamides is 1. The summed E-state index contributed by atoms with van der Waals surface area (Å²) in [6.07, 6.45) is 0. The first-order valence-electron chi connectivity index (χ1n) is 5.01. The van der Waals surface area contributed by atoms with Gasteiger partial charge in [0.2, 0.25) is 0 Å². The SMILES string of the molecule is Cc1nc(Cl)sc1S(=O)(=O)N(C)Cc1ccsc1. The molecule has 2 heterocycles. The molecule has 0 aliphatic rings. The van der Waals surface area contributed by atoms with Crippen LogP contribution in [0.15, 0.2) is 21.0 Å². The Bertz CT molecular complexity index is 634. The maximum Gasteiger partial charge on any atom is 0.254 e. The molecule has 0 aliphatic heterocycles. The first kappa shape index (κ1) is 14.0. The predicted octanol–water partition coefficient (Wildman–Crippen LogP) is 2.99. The summed E-state index contributed by atoms with van der Waals surface area (Å²) in [5.74, 6) is 0. The Balaban J connectivity index is 2.28. The summed E-state index contributed by atoms with van der Waals surface area (Å²) < 4.78 is 26.4. The van der Waals surface area contributed by atoms with Crippen molar-refractivity contribution in [1.82, 2.24) is 9.29 Å².